The highest BCUT2D eigenvalue weighted by Crippen LogP contribution is 2.21. The van der Waals surface area contributed by atoms with Crippen LogP contribution in [0.4, 0.5) is 4.39 Å². The van der Waals surface area contributed by atoms with Crippen LogP contribution in [-0.2, 0) is 0 Å². The molecule has 0 N–H and O–H groups in total. The van der Waals surface area contributed by atoms with E-state index in [9.17, 15) is 4.39 Å². The van der Waals surface area contributed by atoms with E-state index in [1.54, 1.807) is 12.5 Å². The molecule has 0 heterocycles. The third-order valence-electron chi connectivity index (χ3n) is 2.09. The smallest absolute Gasteiger partial charge is 0.104 e. The Morgan fingerprint density at radius 2 is 2.25 bits per heavy atom. The maximum absolute atomic E-state index is 12.7. The van der Waals surface area contributed by atoms with Gasteiger partial charge in [0.2, 0.25) is 0 Å². The van der Waals surface area contributed by atoms with Crippen molar-refractivity contribution in [1.82, 2.24) is 0 Å². The Hall–Kier alpha value is -0.590. The normalized spacial score (nSPS) is 17.2. The third kappa shape index (κ3) is 3.21. The molecular formula is C11H16F. The van der Waals surface area contributed by atoms with Crippen molar-refractivity contribution in [2.45, 2.75) is 39.0 Å². The standard InChI is InChI=1S/C11H16F/c1-2-3-4-6-10-7-5-8-11(12)9-10/h7-9H,2-6H2,1H3. The van der Waals surface area contributed by atoms with Crippen LogP contribution in [0.3, 0.4) is 0 Å². The summed E-state index contributed by atoms with van der Waals surface area (Å²) in [5, 5.41) is 0. The summed E-state index contributed by atoms with van der Waals surface area (Å²) in [4.78, 5) is 0. The Morgan fingerprint density at radius 3 is 2.92 bits per heavy atom. The Labute approximate surface area is 74.2 Å². The van der Waals surface area contributed by atoms with Gasteiger partial charge in [0.15, 0.2) is 0 Å². The van der Waals surface area contributed by atoms with E-state index in [0.29, 0.717) is 0 Å². The highest BCUT2D eigenvalue weighted by atomic mass is 19.1. The number of allylic oxidation sites excluding steroid dienone is 4. The molecule has 0 aliphatic heterocycles. The maximum atomic E-state index is 12.7. The Morgan fingerprint density at radius 1 is 1.42 bits per heavy atom. The summed E-state index contributed by atoms with van der Waals surface area (Å²) >= 11 is 0. The summed E-state index contributed by atoms with van der Waals surface area (Å²) in [7, 11) is 0. The predicted octanol–water partition coefficient (Wildman–Crippen LogP) is 3.95. The number of hydrogen-bond acceptors (Lipinski definition) is 0. The molecule has 1 aliphatic carbocycles. The van der Waals surface area contributed by atoms with E-state index in [4.69, 9.17) is 0 Å². The number of unbranched alkanes of at least 4 members (excludes halogenated alkanes) is 2. The number of hydrogen-bond donors (Lipinski definition) is 0. The lowest BCUT2D eigenvalue weighted by atomic mass is 10.0. The molecule has 0 atom stereocenters. The second-order valence-electron chi connectivity index (χ2n) is 3.21. The van der Waals surface area contributed by atoms with Gasteiger partial charge in [-0.25, -0.2) is 4.39 Å². The average Bonchev–Trinajstić information content (AvgIpc) is 2.05. The van der Waals surface area contributed by atoms with Gasteiger partial charge in [0.05, 0.1) is 0 Å². The van der Waals surface area contributed by atoms with Gasteiger partial charge in [0.25, 0.3) is 0 Å². The largest absolute Gasteiger partial charge is 0.211 e. The lowest BCUT2D eigenvalue weighted by Gasteiger charge is -2.07. The van der Waals surface area contributed by atoms with Crippen molar-refractivity contribution in [2.75, 3.05) is 0 Å². The van der Waals surface area contributed by atoms with Crippen LogP contribution in [0.1, 0.15) is 39.0 Å². The molecule has 0 bridgehead atoms. The first-order valence-corrected chi connectivity index (χ1v) is 4.72. The molecule has 0 fully saturated rings. The molecule has 0 nitrogen and oxygen atoms in total. The van der Waals surface area contributed by atoms with Crippen molar-refractivity contribution < 1.29 is 4.39 Å². The van der Waals surface area contributed by atoms with Crippen LogP contribution in [-0.4, -0.2) is 0 Å². The minimum atomic E-state index is -0.0657. The number of halogens is 1. The van der Waals surface area contributed by atoms with Crippen LogP contribution >= 0.6 is 0 Å². The maximum Gasteiger partial charge on any atom is 0.104 e. The fraction of sp³-hybridized carbons (Fsp3) is 0.545. The molecule has 0 spiro atoms. The Bertz CT molecular complexity index is 189. The zero-order valence-electron chi connectivity index (χ0n) is 7.65. The van der Waals surface area contributed by atoms with E-state index in [1.807, 2.05) is 0 Å². The second kappa shape index (κ2) is 5.13. The summed E-state index contributed by atoms with van der Waals surface area (Å²) < 4.78 is 12.7. The third-order valence-corrected chi connectivity index (χ3v) is 2.09. The second-order valence-corrected chi connectivity index (χ2v) is 3.21. The highest BCUT2D eigenvalue weighted by molar-refractivity contribution is 5.29. The van der Waals surface area contributed by atoms with Crippen molar-refractivity contribution in [1.29, 1.82) is 0 Å². The van der Waals surface area contributed by atoms with Crippen LogP contribution in [0.5, 0.6) is 0 Å². The van der Waals surface area contributed by atoms with E-state index >= 15 is 0 Å². The molecule has 0 aromatic heterocycles. The first-order valence-electron chi connectivity index (χ1n) is 4.72. The topological polar surface area (TPSA) is 0 Å². The minimum Gasteiger partial charge on any atom is -0.211 e. The summed E-state index contributed by atoms with van der Waals surface area (Å²) in [6, 6.07) is 0. The SMILES string of the molecule is CCCCCC1=CC[CH]C(F)=C1. The highest BCUT2D eigenvalue weighted by Gasteiger charge is 2.03. The van der Waals surface area contributed by atoms with E-state index in [0.717, 1.165) is 12.8 Å². The van der Waals surface area contributed by atoms with E-state index < -0.39 is 0 Å². The van der Waals surface area contributed by atoms with Gasteiger partial charge in [-0.1, -0.05) is 25.8 Å². The molecule has 1 aliphatic rings. The average molecular weight is 167 g/mol. The first-order chi connectivity index (χ1) is 5.83. The lowest BCUT2D eigenvalue weighted by Crippen LogP contribution is -1.89. The van der Waals surface area contributed by atoms with Crippen molar-refractivity contribution in [3.8, 4) is 0 Å². The molecule has 0 aromatic carbocycles. The summed E-state index contributed by atoms with van der Waals surface area (Å²) in [5.74, 6) is -0.0657. The summed E-state index contributed by atoms with van der Waals surface area (Å²) in [6.07, 6.45) is 10.8. The van der Waals surface area contributed by atoms with Crippen LogP contribution in [0.25, 0.3) is 0 Å². The summed E-state index contributed by atoms with van der Waals surface area (Å²) in [6.45, 7) is 2.18. The van der Waals surface area contributed by atoms with Gasteiger partial charge in [0, 0.05) is 6.42 Å². The lowest BCUT2D eigenvalue weighted by molar-refractivity contribution is 0.633. The Balaban J connectivity index is 2.27. The fourth-order valence-corrected chi connectivity index (χ4v) is 1.37. The monoisotopic (exact) mass is 167 g/mol. The minimum absolute atomic E-state index is 0.0657. The van der Waals surface area contributed by atoms with Gasteiger partial charge in [-0.3, -0.25) is 0 Å². The van der Waals surface area contributed by atoms with Crippen molar-refractivity contribution in [3.05, 3.63) is 30.0 Å². The van der Waals surface area contributed by atoms with Crippen LogP contribution in [0.2, 0.25) is 0 Å². The first kappa shape index (κ1) is 9.50. The van der Waals surface area contributed by atoms with Gasteiger partial charge in [-0.2, -0.15) is 0 Å². The Kier molecular flexibility index (Phi) is 4.06. The molecule has 0 unspecified atom stereocenters. The molecule has 1 rings (SSSR count). The van der Waals surface area contributed by atoms with Crippen LogP contribution in [0.15, 0.2) is 23.6 Å². The fourth-order valence-electron chi connectivity index (χ4n) is 1.37. The quantitative estimate of drug-likeness (QED) is 0.556. The zero-order chi connectivity index (χ0) is 8.81. The van der Waals surface area contributed by atoms with E-state index in [-0.39, 0.29) is 5.83 Å². The van der Waals surface area contributed by atoms with Gasteiger partial charge < -0.3 is 0 Å². The van der Waals surface area contributed by atoms with Gasteiger partial charge in [0.1, 0.15) is 5.83 Å². The van der Waals surface area contributed by atoms with Crippen molar-refractivity contribution >= 4 is 0 Å². The summed E-state index contributed by atoms with van der Waals surface area (Å²) in [5.41, 5.74) is 1.17. The van der Waals surface area contributed by atoms with Crippen molar-refractivity contribution in [2.24, 2.45) is 0 Å². The molecular weight excluding hydrogens is 151 g/mol. The molecule has 0 saturated heterocycles. The van der Waals surface area contributed by atoms with Gasteiger partial charge in [-0.05, 0) is 30.9 Å². The molecule has 67 valence electrons. The van der Waals surface area contributed by atoms with E-state index in [1.165, 1.54) is 24.8 Å². The molecule has 0 saturated carbocycles. The van der Waals surface area contributed by atoms with Gasteiger partial charge >= 0.3 is 0 Å². The van der Waals surface area contributed by atoms with E-state index in [2.05, 4.69) is 13.0 Å². The van der Waals surface area contributed by atoms with Gasteiger partial charge in [-0.15, -0.1) is 0 Å². The zero-order valence-corrected chi connectivity index (χ0v) is 7.65. The van der Waals surface area contributed by atoms with Crippen LogP contribution in [0, 0.1) is 6.42 Å². The molecule has 0 aromatic rings. The molecule has 1 heteroatoms. The van der Waals surface area contributed by atoms with Crippen molar-refractivity contribution in [3.63, 3.8) is 0 Å². The van der Waals surface area contributed by atoms with Crippen LogP contribution < -0.4 is 0 Å². The number of rotatable bonds is 4. The molecule has 0 amide bonds. The molecule has 12 heavy (non-hydrogen) atoms. The molecule has 1 radical (unpaired) electrons. The predicted molar refractivity (Wildman–Crippen MR) is 50.3 cm³/mol.